The number of benzene rings is 1. The van der Waals surface area contributed by atoms with E-state index in [2.05, 4.69) is 15.7 Å². The molecule has 1 atom stereocenters. The number of hydrogen-bond acceptors (Lipinski definition) is 3. The second kappa shape index (κ2) is 7.67. The zero-order valence-electron chi connectivity index (χ0n) is 11.5. The molecule has 1 aromatic heterocycles. The van der Waals surface area contributed by atoms with E-state index in [-0.39, 0.29) is 24.4 Å². The fourth-order valence-electron chi connectivity index (χ4n) is 1.66. The van der Waals surface area contributed by atoms with Crippen LogP contribution in [0.5, 0.6) is 0 Å². The van der Waals surface area contributed by atoms with Crippen molar-refractivity contribution < 1.29 is 4.79 Å². The maximum atomic E-state index is 12.0. The highest BCUT2D eigenvalue weighted by molar-refractivity contribution is 5.94. The molecule has 0 aliphatic heterocycles. The van der Waals surface area contributed by atoms with Crippen molar-refractivity contribution in [1.29, 1.82) is 0 Å². The first kappa shape index (κ1) is 16.2. The van der Waals surface area contributed by atoms with Gasteiger partial charge in [0.2, 0.25) is 0 Å². The fourth-order valence-corrected chi connectivity index (χ4v) is 1.66. The third kappa shape index (κ3) is 4.08. The van der Waals surface area contributed by atoms with Crippen LogP contribution in [0.2, 0.25) is 0 Å². The number of rotatable bonds is 5. The van der Waals surface area contributed by atoms with Crippen LogP contribution in [0.15, 0.2) is 42.7 Å². The van der Waals surface area contributed by atoms with Gasteiger partial charge in [-0.1, -0.05) is 6.07 Å². The van der Waals surface area contributed by atoms with Gasteiger partial charge in [0.05, 0.1) is 5.69 Å². The number of likely N-dealkylation sites (N-methyl/N-ethyl adjacent to an activating group) is 1. The van der Waals surface area contributed by atoms with Crippen LogP contribution >= 0.6 is 12.4 Å². The largest absolute Gasteiger partial charge is 0.350 e. The highest BCUT2D eigenvalue weighted by Crippen LogP contribution is 2.09. The maximum Gasteiger partial charge on any atom is 0.251 e. The molecule has 2 aromatic rings. The molecule has 0 spiro atoms. The van der Waals surface area contributed by atoms with Crippen LogP contribution < -0.4 is 10.6 Å². The van der Waals surface area contributed by atoms with Gasteiger partial charge in [-0.2, -0.15) is 5.10 Å². The van der Waals surface area contributed by atoms with Crippen molar-refractivity contribution >= 4 is 18.3 Å². The zero-order valence-corrected chi connectivity index (χ0v) is 12.4. The molecule has 0 saturated heterocycles. The third-order valence-electron chi connectivity index (χ3n) is 2.94. The smallest absolute Gasteiger partial charge is 0.251 e. The van der Waals surface area contributed by atoms with Gasteiger partial charge in [0.25, 0.3) is 5.91 Å². The lowest BCUT2D eigenvalue weighted by Crippen LogP contribution is -2.37. The van der Waals surface area contributed by atoms with Crippen LogP contribution in [0, 0.1) is 0 Å². The molecule has 0 saturated carbocycles. The number of nitrogens with zero attached hydrogens (tertiary/aromatic N) is 2. The van der Waals surface area contributed by atoms with E-state index in [1.807, 2.05) is 44.4 Å². The van der Waals surface area contributed by atoms with Gasteiger partial charge < -0.3 is 10.6 Å². The lowest BCUT2D eigenvalue weighted by Gasteiger charge is -2.11. The Labute approximate surface area is 124 Å². The van der Waals surface area contributed by atoms with Crippen molar-refractivity contribution in [3.05, 3.63) is 48.3 Å². The summed E-state index contributed by atoms with van der Waals surface area (Å²) in [5.74, 6) is -0.0730. The Morgan fingerprint density at radius 2 is 2.20 bits per heavy atom. The fraction of sp³-hybridized carbons (Fsp3) is 0.286. The number of carbonyl (C=O) groups excluding carboxylic acids is 1. The summed E-state index contributed by atoms with van der Waals surface area (Å²) in [5, 5.41) is 10.1. The summed E-state index contributed by atoms with van der Waals surface area (Å²) >= 11 is 0. The molecule has 0 fully saturated rings. The number of aromatic nitrogens is 2. The van der Waals surface area contributed by atoms with Crippen LogP contribution in [0.25, 0.3) is 5.69 Å². The first-order chi connectivity index (χ1) is 9.20. The molecule has 1 aromatic carbocycles. The Morgan fingerprint density at radius 1 is 1.40 bits per heavy atom. The van der Waals surface area contributed by atoms with E-state index in [0.29, 0.717) is 12.1 Å². The van der Waals surface area contributed by atoms with Crippen LogP contribution in [0.1, 0.15) is 17.3 Å². The van der Waals surface area contributed by atoms with Crippen LogP contribution in [0.4, 0.5) is 0 Å². The Bertz CT molecular complexity index is 542. The summed E-state index contributed by atoms with van der Waals surface area (Å²) < 4.78 is 1.73. The van der Waals surface area contributed by atoms with E-state index in [1.54, 1.807) is 16.9 Å². The van der Waals surface area contributed by atoms with Crippen molar-refractivity contribution in [3.8, 4) is 5.69 Å². The summed E-state index contributed by atoms with van der Waals surface area (Å²) in [7, 11) is 1.87. The van der Waals surface area contributed by atoms with Crippen molar-refractivity contribution in [1.82, 2.24) is 20.4 Å². The number of amides is 1. The molecule has 2 rings (SSSR count). The Balaban J connectivity index is 0.00000200. The molecule has 0 bridgehead atoms. The average molecular weight is 295 g/mol. The Hall–Kier alpha value is -1.85. The molecule has 0 radical (unpaired) electrons. The molecule has 5 nitrogen and oxygen atoms in total. The van der Waals surface area contributed by atoms with Gasteiger partial charge in [0.1, 0.15) is 0 Å². The normalized spacial score (nSPS) is 11.5. The number of carbonyl (C=O) groups is 1. The molecular weight excluding hydrogens is 276 g/mol. The van der Waals surface area contributed by atoms with Crippen LogP contribution in [0.3, 0.4) is 0 Å². The molecule has 1 amide bonds. The third-order valence-corrected chi connectivity index (χ3v) is 2.94. The topological polar surface area (TPSA) is 58.9 Å². The van der Waals surface area contributed by atoms with E-state index in [1.165, 1.54) is 0 Å². The second-order valence-electron chi connectivity index (χ2n) is 4.40. The number of hydrogen-bond donors (Lipinski definition) is 2. The van der Waals surface area contributed by atoms with E-state index < -0.39 is 0 Å². The summed E-state index contributed by atoms with van der Waals surface area (Å²) in [5.41, 5.74) is 1.51. The molecule has 0 aliphatic rings. The standard InChI is InChI=1S/C14H18N4O.ClH/c1-11(15-2)10-16-14(19)12-5-3-6-13(9-12)18-8-4-7-17-18;/h3-9,11,15H,10H2,1-2H3,(H,16,19);1H. The predicted molar refractivity (Wildman–Crippen MR) is 81.7 cm³/mol. The van der Waals surface area contributed by atoms with Gasteiger partial charge in [-0.25, -0.2) is 4.68 Å². The lowest BCUT2D eigenvalue weighted by molar-refractivity contribution is 0.0950. The second-order valence-corrected chi connectivity index (χ2v) is 4.40. The van der Waals surface area contributed by atoms with Crippen LogP contribution in [-0.4, -0.2) is 35.3 Å². The first-order valence-electron chi connectivity index (χ1n) is 6.26. The van der Waals surface area contributed by atoms with Gasteiger partial charge in [-0.3, -0.25) is 4.79 Å². The van der Waals surface area contributed by atoms with E-state index in [4.69, 9.17) is 0 Å². The quantitative estimate of drug-likeness (QED) is 0.881. The van der Waals surface area contributed by atoms with E-state index in [0.717, 1.165) is 5.69 Å². The molecule has 1 unspecified atom stereocenters. The first-order valence-corrected chi connectivity index (χ1v) is 6.26. The minimum atomic E-state index is -0.0730. The van der Waals surface area contributed by atoms with E-state index >= 15 is 0 Å². The molecule has 108 valence electrons. The number of halogens is 1. The predicted octanol–water partition coefficient (Wildman–Crippen LogP) is 1.63. The molecule has 1 heterocycles. The molecule has 6 heteroatoms. The van der Waals surface area contributed by atoms with Crippen molar-refractivity contribution in [2.75, 3.05) is 13.6 Å². The summed E-state index contributed by atoms with van der Waals surface area (Å²) in [6, 6.07) is 9.49. The monoisotopic (exact) mass is 294 g/mol. The Morgan fingerprint density at radius 3 is 2.85 bits per heavy atom. The molecule has 0 aliphatic carbocycles. The molecule has 20 heavy (non-hydrogen) atoms. The molecular formula is C14H19ClN4O. The summed E-state index contributed by atoms with van der Waals surface area (Å²) in [6.45, 7) is 2.61. The van der Waals surface area contributed by atoms with Crippen molar-refractivity contribution in [2.24, 2.45) is 0 Å². The SMILES string of the molecule is CNC(C)CNC(=O)c1cccc(-n2cccn2)c1.Cl. The van der Waals surface area contributed by atoms with Gasteiger partial charge >= 0.3 is 0 Å². The Kier molecular flexibility index (Phi) is 6.21. The highest BCUT2D eigenvalue weighted by Gasteiger charge is 2.08. The van der Waals surface area contributed by atoms with Gasteiger partial charge in [0.15, 0.2) is 0 Å². The maximum absolute atomic E-state index is 12.0. The summed E-state index contributed by atoms with van der Waals surface area (Å²) in [4.78, 5) is 12.0. The minimum Gasteiger partial charge on any atom is -0.350 e. The van der Waals surface area contributed by atoms with Gasteiger partial charge in [0, 0.05) is 30.5 Å². The van der Waals surface area contributed by atoms with E-state index in [9.17, 15) is 4.79 Å². The zero-order chi connectivity index (χ0) is 13.7. The van der Waals surface area contributed by atoms with Crippen molar-refractivity contribution in [2.45, 2.75) is 13.0 Å². The molecule has 2 N–H and O–H groups in total. The van der Waals surface area contributed by atoms with Crippen LogP contribution in [-0.2, 0) is 0 Å². The highest BCUT2D eigenvalue weighted by atomic mass is 35.5. The minimum absolute atomic E-state index is 0. The number of nitrogens with one attached hydrogen (secondary N) is 2. The average Bonchev–Trinajstić information content (AvgIpc) is 2.98. The van der Waals surface area contributed by atoms with Gasteiger partial charge in [-0.05, 0) is 38.2 Å². The van der Waals surface area contributed by atoms with Gasteiger partial charge in [-0.15, -0.1) is 12.4 Å². The van der Waals surface area contributed by atoms with Crippen molar-refractivity contribution in [3.63, 3.8) is 0 Å². The lowest BCUT2D eigenvalue weighted by atomic mass is 10.2. The summed E-state index contributed by atoms with van der Waals surface area (Å²) in [6.07, 6.45) is 3.56.